The van der Waals surface area contributed by atoms with Crippen molar-refractivity contribution in [3.05, 3.63) is 0 Å². The molecule has 0 radical (unpaired) electrons. The number of aliphatic carboxylic acids is 1. The second-order valence-electron chi connectivity index (χ2n) is 5.70. The lowest BCUT2D eigenvalue weighted by Gasteiger charge is -2.28. The zero-order valence-corrected chi connectivity index (χ0v) is 12.9. The minimum absolute atomic E-state index is 0.483. The molecular formula is C12H13IO7. The Kier molecular flexibility index (Phi) is 3.02. The number of carboxylic acids is 1. The van der Waals surface area contributed by atoms with Crippen molar-refractivity contribution in [1.29, 1.82) is 0 Å². The summed E-state index contributed by atoms with van der Waals surface area (Å²) in [6, 6.07) is 0. The molecule has 20 heavy (non-hydrogen) atoms. The quantitative estimate of drug-likeness (QED) is 0.412. The molecule has 3 aliphatic rings. The third-order valence-corrected chi connectivity index (χ3v) is 4.36. The van der Waals surface area contributed by atoms with Crippen LogP contribution < -0.4 is 0 Å². The molecule has 0 aromatic heterocycles. The van der Waals surface area contributed by atoms with E-state index in [9.17, 15) is 19.5 Å². The maximum absolute atomic E-state index is 12.0. The van der Waals surface area contributed by atoms with Crippen molar-refractivity contribution in [3.63, 3.8) is 0 Å². The van der Waals surface area contributed by atoms with Crippen LogP contribution in [0.2, 0.25) is 0 Å². The molecule has 0 aromatic rings. The van der Waals surface area contributed by atoms with E-state index in [0.717, 1.165) is 0 Å². The maximum Gasteiger partial charge on any atom is 0.321 e. The first-order valence-electron chi connectivity index (χ1n) is 6.20. The molecule has 3 fully saturated rings. The molecule has 7 nitrogen and oxygen atoms in total. The van der Waals surface area contributed by atoms with Crippen LogP contribution in [0.4, 0.5) is 0 Å². The number of rotatable bonds is 3. The minimum atomic E-state index is -1.13. The van der Waals surface area contributed by atoms with E-state index >= 15 is 0 Å². The summed E-state index contributed by atoms with van der Waals surface area (Å²) in [6.07, 6.45) is -2.97. The fourth-order valence-corrected chi connectivity index (χ4v) is 3.14. The van der Waals surface area contributed by atoms with Crippen LogP contribution in [0, 0.1) is 11.8 Å². The summed E-state index contributed by atoms with van der Waals surface area (Å²) in [4.78, 5) is 35.0. The number of carbonyl (C=O) groups excluding carboxylic acids is 2. The Morgan fingerprint density at radius 3 is 2.50 bits per heavy atom. The van der Waals surface area contributed by atoms with Crippen LogP contribution in [-0.4, -0.2) is 50.9 Å². The van der Waals surface area contributed by atoms with Gasteiger partial charge in [0.15, 0.2) is 12.2 Å². The van der Waals surface area contributed by atoms with Gasteiger partial charge in [0.2, 0.25) is 0 Å². The number of fused-ring (bicyclic) bond motifs is 1. The molecule has 6 atom stereocenters. The van der Waals surface area contributed by atoms with Crippen molar-refractivity contribution >= 4 is 40.5 Å². The molecule has 8 heteroatoms. The fourth-order valence-electron chi connectivity index (χ4n) is 3.02. The molecule has 6 unspecified atom stereocenters. The van der Waals surface area contributed by atoms with Gasteiger partial charge in [-0.15, -0.1) is 0 Å². The van der Waals surface area contributed by atoms with Crippen LogP contribution in [0.15, 0.2) is 0 Å². The van der Waals surface area contributed by atoms with E-state index in [1.54, 1.807) is 13.8 Å². The van der Waals surface area contributed by atoms with Crippen molar-refractivity contribution in [2.75, 3.05) is 0 Å². The van der Waals surface area contributed by atoms with Gasteiger partial charge in [-0.3, -0.25) is 14.4 Å². The predicted octanol–water partition coefficient (Wildman–Crippen LogP) is 0.135. The molecule has 0 saturated carbocycles. The van der Waals surface area contributed by atoms with Crippen molar-refractivity contribution in [3.8, 4) is 0 Å². The Morgan fingerprint density at radius 1 is 1.30 bits per heavy atom. The van der Waals surface area contributed by atoms with Crippen molar-refractivity contribution < 1.29 is 33.7 Å². The SMILES string of the molecule is CC(C)(I)C(=O)OC1C2OC(=O)C3C2OC1C3C(=O)O. The molecule has 2 bridgehead atoms. The lowest BCUT2D eigenvalue weighted by molar-refractivity contribution is -0.163. The van der Waals surface area contributed by atoms with E-state index in [1.807, 2.05) is 22.6 Å². The molecular weight excluding hydrogens is 383 g/mol. The van der Waals surface area contributed by atoms with E-state index in [4.69, 9.17) is 14.2 Å². The molecule has 1 N–H and O–H groups in total. The summed E-state index contributed by atoms with van der Waals surface area (Å²) in [5, 5.41) is 9.26. The van der Waals surface area contributed by atoms with Gasteiger partial charge >= 0.3 is 17.9 Å². The summed E-state index contributed by atoms with van der Waals surface area (Å²) in [6.45, 7) is 3.37. The Labute approximate surface area is 128 Å². The van der Waals surface area contributed by atoms with E-state index in [-0.39, 0.29) is 0 Å². The van der Waals surface area contributed by atoms with E-state index in [0.29, 0.717) is 0 Å². The lowest BCUT2D eigenvalue weighted by atomic mass is 9.78. The molecule has 0 amide bonds. The van der Waals surface area contributed by atoms with E-state index < -0.39 is 57.6 Å². The lowest BCUT2D eigenvalue weighted by Crippen LogP contribution is -2.48. The first-order chi connectivity index (χ1) is 9.21. The summed E-state index contributed by atoms with van der Waals surface area (Å²) < 4.78 is 15.3. The summed E-state index contributed by atoms with van der Waals surface area (Å²) >= 11 is 1.93. The highest BCUT2D eigenvalue weighted by Crippen LogP contribution is 2.51. The van der Waals surface area contributed by atoms with Crippen molar-refractivity contribution in [1.82, 2.24) is 0 Å². The average molecular weight is 396 g/mol. The summed E-state index contributed by atoms with van der Waals surface area (Å²) in [7, 11) is 0. The Morgan fingerprint density at radius 2 is 1.95 bits per heavy atom. The number of carboxylic acid groups (broad SMARTS) is 1. The summed E-state index contributed by atoms with van der Waals surface area (Å²) in [5.74, 6) is -3.99. The molecule has 3 saturated heterocycles. The maximum atomic E-state index is 12.0. The van der Waals surface area contributed by atoms with Gasteiger partial charge in [0, 0.05) is 0 Å². The standard InChI is InChI=1S/C12H13IO7/c1-12(2,13)11(17)20-8-5-3(9(14)15)4-6(18-5)7(8)19-10(4)16/h3-8H,1-2H3,(H,14,15). The topological polar surface area (TPSA) is 99.1 Å². The van der Waals surface area contributed by atoms with Gasteiger partial charge < -0.3 is 19.3 Å². The smallest absolute Gasteiger partial charge is 0.321 e. The monoisotopic (exact) mass is 396 g/mol. The van der Waals surface area contributed by atoms with Crippen LogP contribution in [0.25, 0.3) is 0 Å². The van der Waals surface area contributed by atoms with Gasteiger partial charge in [0.25, 0.3) is 0 Å². The fraction of sp³-hybridized carbons (Fsp3) is 0.750. The second-order valence-corrected chi connectivity index (χ2v) is 8.40. The van der Waals surface area contributed by atoms with Gasteiger partial charge in [-0.2, -0.15) is 0 Å². The average Bonchev–Trinajstić information content (AvgIpc) is 2.90. The van der Waals surface area contributed by atoms with Crippen LogP contribution in [0.1, 0.15) is 13.8 Å². The third kappa shape index (κ3) is 1.84. The van der Waals surface area contributed by atoms with Crippen LogP contribution in [0.5, 0.6) is 0 Å². The normalized spacial score (nSPS) is 41.6. The zero-order chi connectivity index (χ0) is 14.8. The number of alkyl halides is 1. The predicted molar refractivity (Wildman–Crippen MR) is 71.1 cm³/mol. The van der Waals surface area contributed by atoms with Crippen molar-refractivity contribution in [2.45, 2.75) is 41.7 Å². The van der Waals surface area contributed by atoms with E-state index in [1.165, 1.54) is 0 Å². The van der Waals surface area contributed by atoms with Crippen LogP contribution in [-0.2, 0) is 28.6 Å². The number of hydrogen-bond acceptors (Lipinski definition) is 6. The molecule has 0 spiro atoms. The highest BCUT2D eigenvalue weighted by molar-refractivity contribution is 14.1. The van der Waals surface area contributed by atoms with Crippen LogP contribution in [0.3, 0.4) is 0 Å². The zero-order valence-electron chi connectivity index (χ0n) is 10.7. The van der Waals surface area contributed by atoms with Gasteiger partial charge in [0.1, 0.15) is 27.5 Å². The van der Waals surface area contributed by atoms with Gasteiger partial charge in [-0.1, -0.05) is 22.6 Å². The number of carbonyl (C=O) groups is 3. The Bertz CT molecular complexity index is 497. The number of ether oxygens (including phenoxy) is 3. The largest absolute Gasteiger partial charge is 0.481 e. The van der Waals surface area contributed by atoms with E-state index in [2.05, 4.69) is 0 Å². The van der Waals surface area contributed by atoms with Gasteiger partial charge in [-0.25, -0.2) is 0 Å². The van der Waals surface area contributed by atoms with Crippen LogP contribution >= 0.6 is 22.6 Å². The van der Waals surface area contributed by atoms with Gasteiger partial charge in [-0.05, 0) is 13.8 Å². The number of hydrogen-bond donors (Lipinski definition) is 1. The molecule has 3 aliphatic heterocycles. The first-order valence-corrected chi connectivity index (χ1v) is 7.28. The number of esters is 2. The summed E-state index contributed by atoms with van der Waals surface area (Å²) in [5.41, 5.74) is 0. The first kappa shape index (κ1) is 14.1. The highest BCUT2D eigenvalue weighted by Gasteiger charge is 2.71. The number of halogens is 1. The Hall–Kier alpha value is -0.900. The molecule has 3 rings (SSSR count). The Balaban J connectivity index is 1.86. The molecule has 3 heterocycles. The molecule has 0 aliphatic carbocycles. The molecule has 110 valence electrons. The highest BCUT2D eigenvalue weighted by atomic mass is 127. The minimum Gasteiger partial charge on any atom is -0.481 e. The van der Waals surface area contributed by atoms with Gasteiger partial charge in [0.05, 0.1) is 0 Å². The van der Waals surface area contributed by atoms with Crippen molar-refractivity contribution in [2.24, 2.45) is 11.8 Å². The second kappa shape index (κ2) is 4.30. The molecule has 0 aromatic carbocycles. The third-order valence-electron chi connectivity index (χ3n) is 3.92.